The molecule has 3 heterocycles. The summed E-state index contributed by atoms with van der Waals surface area (Å²) >= 11 is 5.87. The van der Waals surface area contributed by atoms with Crippen LogP contribution in [0.5, 0.6) is 0 Å². The highest BCUT2D eigenvalue weighted by atomic mass is 35.5. The molecule has 1 aliphatic rings. The molecule has 1 aliphatic heterocycles. The van der Waals surface area contributed by atoms with Crippen molar-refractivity contribution in [2.45, 2.75) is 0 Å². The summed E-state index contributed by atoms with van der Waals surface area (Å²) in [6, 6.07) is 14.2. The summed E-state index contributed by atoms with van der Waals surface area (Å²) in [7, 11) is 0. The Bertz CT molecular complexity index is 1040. The number of fused-ring (bicyclic) bond motifs is 1. The molecule has 1 amide bonds. The molecule has 0 radical (unpaired) electrons. The number of rotatable bonds is 4. The Morgan fingerprint density at radius 1 is 1.03 bits per heavy atom. The van der Waals surface area contributed by atoms with Crippen LogP contribution in [0, 0.1) is 0 Å². The van der Waals surface area contributed by atoms with Gasteiger partial charge in [0.05, 0.1) is 11.1 Å². The van der Waals surface area contributed by atoms with Crippen molar-refractivity contribution in [3.05, 3.63) is 65.4 Å². The first-order chi connectivity index (χ1) is 14.1. The number of hydrogen-bond donors (Lipinski definition) is 0. The van der Waals surface area contributed by atoms with E-state index in [-0.39, 0.29) is 12.5 Å². The Labute approximate surface area is 172 Å². The van der Waals surface area contributed by atoms with Crippen LogP contribution in [0.25, 0.3) is 10.9 Å². The molecule has 0 spiro atoms. The van der Waals surface area contributed by atoms with Crippen LogP contribution in [-0.2, 0) is 9.53 Å². The van der Waals surface area contributed by atoms with Crippen molar-refractivity contribution in [2.24, 2.45) is 0 Å². The molecular formula is C21H19ClN4O3. The van der Waals surface area contributed by atoms with E-state index in [0.717, 1.165) is 11.2 Å². The summed E-state index contributed by atoms with van der Waals surface area (Å²) in [5.74, 6) is 0.161. The van der Waals surface area contributed by atoms with Gasteiger partial charge in [-0.2, -0.15) is 0 Å². The van der Waals surface area contributed by atoms with E-state index in [2.05, 4.69) is 14.9 Å². The lowest BCUT2D eigenvalue weighted by Crippen LogP contribution is -2.50. The molecule has 0 bridgehead atoms. The number of pyridine rings is 2. The number of piperazine rings is 1. The fraction of sp³-hybridized carbons (Fsp3) is 0.238. The monoisotopic (exact) mass is 410 g/mol. The van der Waals surface area contributed by atoms with Crippen molar-refractivity contribution in [1.82, 2.24) is 14.9 Å². The minimum atomic E-state index is -0.540. The summed E-state index contributed by atoms with van der Waals surface area (Å²) in [4.78, 5) is 37.1. The molecule has 0 saturated carbocycles. The van der Waals surface area contributed by atoms with Gasteiger partial charge in [-0.05, 0) is 42.5 Å². The zero-order valence-electron chi connectivity index (χ0n) is 15.6. The van der Waals surface area contributed by atoms with Crippen molar-refractivity contribution in [1.29, 1.82) is 0 Å². The maximum atomic E-state index is 12.4. The number of carbonyl (C=O) groups is 2. The zero-order chi connectivity index (χ0) is 20.2. The Hall–Kier alpha value is -3.19. The smallest absolute Gasteiger partial charge is 0.338 e. The first kappa shape index (κ1) is 19.1. The van der Waals surface area contributed by atoms with E-state index < -0.39 is 5.97 Å². The largest absolute Gasteiger partial charge is 0.452 e. The highest BCUT2D eigenvalue weighted by Crippen LogP contribution is 2.18. The molecule has 1 aromatic carbocycles. The van der Waals surface area contributed by atoms with Crippen molar-refractivity contribution in [2.75, 3.05) is 37.7 Å². The highest BCUT2D eigenvalue weighted by Gasteiger charge is 2.23. The lowest BCUT2D eigenvalue weighted by Gasteiger charge is -2.35. The SMILES string of the molecule is O=C(OCC(=O)N1CCN(c2ccccn2)CC1)c1ccc2nc(Cl)ccc2c1. The first-order valence-electron chi connectivity index (χ1n) is 9.27. The van der Waals surface area contributed by atoms with Crippen LogP contribution < -0.4 is 4.90 Å². The predicted molar refractivity (Wildman–Crippen MR) is 110 cm³/mol. The molecular weight excluding hydrogens is 392 g/mol. The van der Waals surface area contributed by atoms with E-state index in [1.54, 1.807) is 41.4 Å². The third kappa shape index (κ3) is 4.46. The van der Waals surface area contributed by atoms with Gasteiger partial charge >= 0.3 is 5.97 Å². The number of esters is 1. The molecule has 0 unspecified atom stereocenters. The fourth-order valence-corrected chi connectivity index (χ4v) is 3.41. The van der Waals surface area contributed by atoms with E-state index in [4.69, 9.17) is 16.3 Å². The number of halogens is 1. The average molecular weight is 411 g/mol. The second-order valence-electron chi connectivity index (χ2n) is 6.67. The van der Waals surface area contributed by atoms with Gasteiger partial charge in [0.2, 0.25) is 0 Å². The van der Waals surface area contributed by atoms with Crippen LogP contribution in [0.4, 0.5) is 5.82 Å². The van der Waals surface area contributed by atoms with Gasteiger partial charge in [0.1, 0.15) is 11.0 Å². The summed E-state index contributed by atoms with van der Waals surface area (Å²) in [6.45, 7) is 2.23. The van der Waals surface area contributed by atoms with E-state index in [9.17, 15) is 9.59 Å². The van der Waals surface area contributed by atoms with Gasteiger partial charge in [0.25, 0.3) is 5.91 Å². The number of nitrogens with zero attached hydrogens (tertiary/aromatic N) is 4. The number of hydrogen-bond acceptors (Lipinski definition) is 6. The number of benzene rings is 1. The van der Waals surface area contributed by atoms with E-state index in [1.807, 2.05) is 18.2 Å². The molecule has 29 heavy (non-hydrogen) atoms. The predicted octanol–water partition coefficient (Wildman–Crippen LogP) is 2.79. The summed E-state index contributed by atoms with van der Waals surface area (Å²) in [6.07, 6.45) is 1.75. The van der Waals surface area contributed by atoms with Crippen LogP contribution in [0.2, 0.25) is 5.15 Å². The van der Waals surface area contributed by atoms with Gasteiger partial charge in [-0.25, -0.2) is 14.8 Å². The highest BCUT2D eigenvalue weighted by molar-refractivity contribution is 6.29. The molecule has 8 heteroatoms. The lowest BCUT2D eigenvalue weighted by atomic mass is 10.1. The minimum absolute atomic E-state index is 0.201. The molecule has 0 N–H and O–H groups in total. The Morgan fingerprint density at radius 2 is 1.86 bits per heavy atom. The van der Waals surface area contributed by atoms with Gasteiger partial charge in [0, 0.05) is 37.8 Å². The summed E-state index contributed by atoms with van der Waals surface area (Å²) in [5, 5.41) is 1.17. The number of amides is 1. The third-order valence-electron chi connectivity index (χ3n) is 4.82. The molecule has 1 fully saturated rings. The van der Waals surface area contributed by atoms with Gasteiger partial charge in [-0.15, -0.1) is 0 Å². The normalized spacial score (nSPS) is 14.1. The van der Waals surface area contributed by atoms with Crippen molar-refractivity contribution >= 4 is 40.2 Å². The van der Waals surface area contributed by atoms with E-state index in [0.29, 0.717) is 42.4 Å². The van der Waals surface area contributed by atoms with Gasteiger partial charge in [0.15, 0.2) is 6.61 Å². The zero-order valence-corrected chi connectivity index (χ0v) is 16.4. The second kappa shape index (κ2) is 8.45. The molecule has 148 valence electrons. The summed E-state index contributed by atoms with van der Waals surface area (Å²) in [5.41, 5.74) is 1.06. The Balaban J connectivity index is 1.30. The van der Waals surface area contributed by atoms with Crippen LogP contribution in [0.15, 0.2) is 54.7 Å². The maximum absolute atomic E-state index is 12.4. The quantitative estimate of drug-likeness (QED) is 0.486. The topological polar surface area (TPSA) is 75.6 Å². The number of aromatic nitrogens is 2. The second-order valence-corrected chi connectivity index (χ2v) is 7.06. The minimum Gasteiger partial charge on any atom is -0.452 e. The fourth-order valence-electron chi connectivity index (χ4n) is 3.26. The Kier molecular flexibility index (Phi) is 5.57. The molecule has 2 aromatic heterocycles. The van der Waals surface area contributed by atoms with Crippen LogP contribution in [0.1, 0.15) is 10.4 Å². The van der Waals surface area contributed by atoms with Crippen molar-refractivity contribution in [3.8, 4) is 0 Å². The molecule has 1 saturated heterocycles. The summed E-state index contributed by atoms with van der Waals surface area (Å²) < 4.78 is 5.22. The van der Waals surface area contributed by atoms with Crippen molar-refractivity contribution in [3.63, 3.8) is 0 Å². The number of carbonyl (C=O) groups excluding carboxylic acids is 2. The lowest BCUT2D eigenvalue weighted by molar-refractivity contribution is -0.134. The molecule has 0 aliphatic carbocycles. The number of anilines is 1. The van der Waals surface area contributed by atoms with Gasteiger partial charge in [-0.1, -0.05) is 17.7 Å². The van der Waals surface area contributed by atoms with Crippen LogP contribution in [0.3, 0.4) is 0 Å². The average Bonchev–Trinajstić information content (AvgIpc) is 2.77. The molecule has 7 nitrogen and oxygen atoms in total. The standard InChI is InChI=1S/C21H19ClN4O3/c22-18-7-5-15-13-16(4-6-17(15)24-18)21(28)29-14-20(27)26-11-9-25(10-12-26)19-3-1-2-8-23-19/h1-8,13H,9-12,14H2. The molecule has 0 atom stereocenters. The van der Waals surface area contributed by atoms with Crippen molar-refractivity contribution < 1.29 is 14.3 Å². The maximum Gasteiger partial charge on any atom is 0.338 e. The van der Waals surface area contributed by atoms with E-state index in [1.165, 1.54) is 0 Å². The third-order valence-corrected chi connectivity index (χ3v) is 5.03. The van der Waals surface area contributed by atoms with Crippen LogP contribution in [-0.4, -0.2) is 59.5 Å². The Morgan fingerprint density at radius 3 is 2.62 bits per heavy atom. The van der Waals surface area contributed by atoms with Gasteiger partial charge in [-0.3, -0.25) is 4.79 Å². The molecule has 3 aromatic rings. The van der Waals surface area contributed by atoms with E-state index >= 15 is 0 Å². The van der Waals surface area contributed by atoms with Gasteiger partial charge < -0.3 is 14.5 Å². The molecule has 4 rings (SSSR count). The number of ether oxygens (including phenoxy) is 1. The van der Waals surface area contributed by atoms with Crippen LogP contribution >= 0.6 is 11.6 Å². The first-order valence-corrected chi connectivity index (χ1v) is 9.65.